The normalized spacial score (nSPS) is 25.4. The van der Waals surface area contributed by atoms with Gasteiger partial charge in [0, 0.05) is 24.8 Å². The second-order valence-electron chi connectivity index (χ2n) is 5.96. The SMILES string of the molecule is Cc1cc(CC(C)N)ccc1N1C[C@@H](C)O[C@@H](C)C1. The van der Waals surface area contributed by atoms with E-state index < -0.39 is 0 Å². The quantitative estimate of drug-likeness (QED) is 0.909. The number of benzene rings is 1. The van der Waals surface area contributed by atoms with Crippen LogP contribution in [-0.4, -0.2) is 31.3 Å². The Labute approximate surface area is 116 Å². The first kappa shape index (κ1) is 14.4. The molecule has 106 valence electrons. The van der Waals surface area contributed by atoms with Crippen molar-refractivity contribution in [2.75, 3.05) is 18.0 Å². The molecule has 0 bridgehead atoms. The average molecular weight is 262 g/mol. The third-order valence-electron chi connectivity index (χ3n) is 3.58. The molecule has 2 N–H and O–H groups in total. The highest BCUT2D eigenvalue weighted by Gasteiger charge is 2.23. The van der Waals surface area contributed by atoms with Gasteiger partial charge >= 0.3 is 0 Å². The van der Waals surface area contributed by atoms with E-state index in [-0.39, 0.29) is 6.04 Å². The van der Waals surface area contributed by atoms with Crippen molar-refractivity contribution in [1.82, 2.24) is 0 Å². The number of hydrogen-bond donors (Lipinski definition) is 1. The maximum atomic E-state index is 5.86. The second kappa shape index (κ2) is 5.93. The molecule has 1 aliphatic rings. The van der Waals surface area contributed by atoms with E-state index in [1.807, 2.05) is 0 Å². The van der Waals surface area contributed by atoms with Gasteiger partial charge in [0.1, 0.15) is 0 Å². The van der Waals surface area contributed by atoms with Gasteiger partial charge in [-0.15, -0.1) is 0 Å². The van der Waals surface area contributed by atoms with Crippen LogP contribution in [-0.2, 0) is 11.2 Å². The number of morpholine rings is 1. The Morgan fingerprint density at radius 3 is 2.47 bits per heavy atom. The number of rotatable bonds is 3. The molecule has 2 rings (SSSR count). The van der Waals surface area contributed by atoms with Crippen LogP contribution < -0.4 is 10.6 Å². The predicted octanol–water partition coefficient (Wildman–Crippen LogP) is 2.50. The first-order valence-electron chi connectivity index (χ1n) is 7.21. The number of hydrogen-bond acceptors (Lipinski definition) is 3. The van der Waals surface area contributed by atoms with Crippen molar-refractivity contribution in [2.45, 2.75) is 52.4 Å². The van der Waals surface area contributed by atoms with Crippen LogP contribution in [0.2, 0.25) is 0 Å². The summed E-state index contributed by atoms with van der Waals surface area (Å²) in [6, 6.07) is 6.92. The van der Waals surface area contributed by atoms with E-state index in [9.17, 15) is 0 Å². The van der Waals surface area contributed by atoms with Crippen molar-refractivity contribution in [2.24, 2.45) is 5.73 Å². The first-order chi connectivity index (χ1) is 8.95. The molecule has 0 spiro atoms. The third-order valence-corrected chi connectivity index (χ3v) is 3.58. The maximum absolute atomic E-state index is 5.86. The van der Waals surface area contributed by atoms with Gasteiger partial charge in [-0.2, -0.15) is 0 Å². The lowest BCUT2D eigenvalue weighted by molar-refractivity contribution is -0.00524. The highest BCUT2D eigenvalue weighted by molar-refractivity contribution is 5.55. The highest BCUT2D eigenvalue weighted by atomic mass is 16.5. The Bertz CT molecular complexity index is 421. The number of nitrogens with zero attached hydrogens (tertiary/aromatic N) is 1. The molecule has 1 fully saturated rings. The summed E-state index contributed by atoms with van der Waals surface area (Å²) in [5.74, 6) is 0. The van der Waals surface area contributed by atoms with Crippen LogP contribution in [0.5, 0.6) is 0 Å². The topological polar surface area (TPSA) is 38.5 Å². The van der Waals surface area contributed by atoms with Crippen LogP contribution in [0.1, 0.15) is 31.9 Å². The van der Waals surface area contributed by atoms with E-state index in [1.165, 1.54) is 16.8 Å². The molecule has 1 heterocycles. The molecule has 0 aliphatic carbocycles. The number of nitrogens with two attached hydrogens (primary N) is 1. The zero-order valence-electron chi connectivity index (χ0n) is 12.5. The van der Waals surface area contributed by atoms with Crippen LogP contribution in [0.25, 0.3) is 0 Å². The summed E-state index contributed by atoms with van der Waals surface area (Å²) in [7, 11) is 0. The Morgan fingerprint density at radius 2 is 1.95 bits per heavy atom. The van der Waals surface area contributed by atoms with Crippen molar-refractivity contribution >= 4 is 5.69 Å². The largest absolute Gasteiger partial charge is 0.372 e. The van der Waals surface area contributed by atoms with Crippen LogP contribution in [0.4, 0.5) is 5.69 Å². The van der Waals surface area contributed by atoms with Gasteiger partial charge < -0.3 is 15.4 Å². The monoisotopic (exact) mass is 262 g/mol. The molecule has 19 heavy (non-hydrogen) atoms. The van der Waals surface area contributed by atoms with Gasteiger partial charge in [0.25, 0.3) is 0 Å². The Morgan fingerprint density at radius 1 is 1.32 bits per heavy atom. The van der Waals surface area contributed by atoms with Crippen molar-refractivity contribution in [3.8, 4) is 0 Å². The highest BCUT2D eigenvalue weighted by Crippen LogP contribution is 2.25. The summed E-state index contributed by atoms with van der Waals surface area (Å²) in [6.07, 6.45) is 1.54. The van der Waals surface area contributed by atoms with Crippen molar-refractivity contribution in [3.63, 3.8) is 0 Å². The molecule has 3 atom stereocenters. The van der Waals surface area contributed by atoms with Gasteiger partial charge in [0.2, 0.25) is 0 Å². The molecule has 1 aromatic rings. The van der Waals surface area contributed by atoms with Gasteiger partial charge in [0.15, 0.2) is 0 Å². The van der Waals surface area contributed by atoms with Gasteiger partial charge in [-0.3, -0.25) is 0 Å². The molecule has 1 saturated heterocycles. The van der Waals surface area contributed by atoms with E-state index in [4.69, 9.17) is 10.5 Å². The van der Waals surface area contributed by atoms with Crippen LogP contribution in [0, 0.1) is 6.92 Å². The van der Waals surface area contributed by atoms with E-state index in [1.54, 1.807) is 0 Å². The van der Waals surface area contributed by atoms with Gasteiger partial charge in [0.05, 0.1) is 12.2 Å². The molecule has 0 amide bonds. The molecule has 1 aliphatic heterocycles. The maximum Gasteiger partial charge on any atom is 0.0726 e. The summed E-state index contributed by atoms with van der Waals surface area (Å²) < 4.78 is 5.80. The Kier molecular flexibility index (Phi) is 4.48. The minimum absolute atomic E-state index is 0.216. The Hall–Kier alpha value is -1.06. The van der Waals surface area contributed by atoms with E-state index in [0.29, 0.717) is 12.2 Å². The zero-order valence-corrected chi connectivity index (χ0v) is 12.5. The lowest BCUT2D eigenvalue weighted by Gasteiger charge is -2.37. The molecule has 1 aromatic carbocycles. The molecule has 3 heteroatoms. The lowest BCUT2D eigenvalue weighted by Crippen LogP contribution is -2.45. The van der Waals surface area contributed by atoms with Crippen molar-refractivity contribution in [3.05, 3.63) is 29.3 Å². The standard InChI is InChI=1S/C16H26N2O/c1-11-7-15(8-12(2)17)5-6-16(11)18-9-13(3)19-14(4)10-18/h5-7,12-14H,8-10,17H2,1-4H3/t12?,13-,14+. The second-order valence-corrected chi connectivity index (χ2v) is 5.96. The fourth-order valence-corrected chi connectivity index (χ4v) is 2.95. The minimum atomic E-state index is 0.216. The van der Waals surface area contributed by atoms with Crippen LogP contribution >= 0.6 is 0 Å². The van der Waals surface area contributed by atoms with Crippen molar-refractivity contribution in [1.29, 1.82) is 0 Å². The van der Waals surface area contributed by atoms with Crippen LogP contribution in [0.3, 0.4) is 0 Å². The molecule has 0 aromatic heterocycles. The summed E-state index contributed by atoms with van der Waals surface area (Å²) in [5.41, 5.74) is 9.85. The fraction of sp³-hybridized carbons (Fsp3) is 0.625. The summed E-state index contributed by atoms with van der Waals surface area (Å²) >= 11 is 0. The summed E-state index contributed by atoms with van der Waals surface area (Å²) in [6.45, 7) is 10.5. The van der Waals surface area contributed by atoms with Crippen molar-refractivity contribution < 1.29 is 4.74 Å². The smallest absolute Gasteiger partial charge is 0.0726 e. The molecule has 1 unspecified atom stereocenters. The van der Waals surface area contributed by atoms with Gasteiger partial charge in [-0.1, -0.05) is 12.1 Å². The lowest BCUT2D eigenvalue weighted by atomic mass is 10.0. The third kappa shape index (κ3) is 3.71. The zero-order chi connectivity index (χ0) is 14.0. The fourth-order valence-electron chi connectivity index (χ4n) is 2.95. The first-order valence-corrected chi connectivity index (χ1v) is 7.21. The number of aryl methyl sites for hydroxylation is 1. The van der Waals surface area contributed by atoms with Crippen LogP contribution in [0.15, 0.2) is 18.2 Å². The average Bonchev–Trinajstić information content (AvgIpc) is 2.26. The molecular formula is C16H26N2O. The molecular weight excluding hydrogens is 236 g/mol. The summed E-state index contributed by atoms with van der Waals surface area (Å²) in [5, 5.41) is 0. The minimum Gasteiger partial charge on any atom is -0.372 e. The van der Waals surface area contributed by atoms with Gasteiger partial charge in [-0.25, -0.2) is 0 Å². The molecule has 0 radical (unpaired) electrons. The van der Waals surface area contributed by atoms with E-state index in [2.05, 4.69) is 50.8 Å². The van der Waals surface area contributed by atoms with E-state index >= 15 is 0 Å². The number of ether oxygens (including phenoxy) is 1. The Balaban J connectivity index is 2.16. The van der Waals surface area contributed by atoms with Gasteiger partial charge in [-0.05, 0) is 51.3 Å². The number of anilines is 1. The predicted molar refractivity (Wildman–Crippen MR) is 80.8 cm³/mol. The summed E-state index contributed by atoms with van der Waals surface area (Å²) in [4.78, 5) is 2.43. The van der Waals surface area contributed by atoms with E-state index in [0.717, 1.165) is 19.5 Å². The molecule has 3 nitrogen and oxygen atoms in total. The molecule has 0 saturated carbocycles.